The topological polar surface area (TPSA) is 43.4 Å². The summed E-state index contributed by atoms with van der Waals surface area (Å²) in [6.07, 6.45) is 1.88. The van der Waals surface area contributed by atoms with Crippen LogP contribution in [0.15, 0.2) is 0 Å². The van der Waals surface area contributed by atoms with E-state index in [1.54, 1.807) is 0 Å². The molecule has 4 heteroatoms. The fourth-order valence-electron chi connectivity index (χ4n) is 2.49. The quantitative estimate of drug-likeness (QED) is 0.432. The van der Waals surface area contributed by atoms with Gasteiger partial charge < -0.3 is 14.8 Å². The normalized spacial score (nSPS) is 23.9. The van der Waals surface area contributed by atoms with Crippen molar-refractivity contribution in [1.29, 1.82) is 0 Å². The Kier molecular flexibility index (Phi) is 4.12. The smallest absolute Gasteiger partial charge is 0.530 e. The second kappa shape index (κ2) is 4.16. The molecule has 1 rings (SSSR count). The zero-order valence-electron chi connectivity index (χ0n) is 9.89. The van der Waals surface area contributed by atoms with Crippen LogP contribution in [0.3, 0.4) is 0 Å². The van der Waals surface area contributed by atoms with Crippen molar-refractivity contribution in [3.63, 3.8) is 0 Å². The molecule has 1 aliphatic rings. The number of amides is 1. The molecule has 0 radical (unpaired) electrons. The number of likely N-dealkylation sites (tertiary alicyclic amines) is 1. The summed E-state index contributed by atoms with van der Waals surface area (Å²) >= 11 is 0. The van der Waals surface area contributed by atoms with E-state index < -0.39 is 6.09 Å². The van der Waals surface area contributed by atoms with Gasteiger partial charge in [0.1, 0.15) is 6.09 Å². The van der Waals surface area contributed by atoms with Crippen LogP contribution in [0.2, 0.25) is 0 Å². The molecular formula is C10H18LiNO2. The van der Waals surface area contributed by atoms with Crippen LogP contribution in [0.1, 0.15) is 47.0 Å². The first-order chi connectivity index (χ1) is 5.77. The minimum Gasteiger partial charge on any atom is -0.530 e. The Bertz CT molecular complexity index is 210. The van der Waals surface area contributed by atoms with Crippen molar-refractivity contribution in [2.24, 2.45) is 0 Å². The molecule has 1 saturated heterocycles. The summed E-state index contributed by atoms with van der Waals surface area (Å²) < 4.78 is 0. The van der Waals surface area contributed by atoms with Gasteiger partial charge in [-0.2, -0.15) is 0 Å². The summed E-state index contributed by atoms with van der Waals surface area (Å²) in [6, 6.07) is 0. The van der Waals surface area contributed by atoms with Crippen LogP contribution in [-0.2, 0) is 0 Å². The standard InChI is InChI=1S/C10H19NO2.Li/c1-9(2)6-5-7-10(3,4)11(9)8(12)13;/h5-7H2,1-4H3,(H,12,13);/q;+1/p-1. The Morgan fingerprint density at radius 1 is 1.14 bits per heavy atom. The maximum atomic E-state index is 11.0. The summed E-state index contributed by atoms with van der Waals surface area (Å²) in [6.45, 7) is 7.85. The van der Waals surface area contributed by atoms with Gasteiger partial charge in [0.25, 0.3) is 0 Å². The molecule has 0 aromatic rings. The molecule has 0 atom stereocenters. The van der Waals surface area contributed by atoms with E-state index in [2.05, 4.69) is 0 Å². The van der Waals surface area contributed by atoms with Gasteiger partial charge >= 0.3 is 18.9 Å². The van der Waals surface area contributed by atoms with Gasteiger partial charge in [0.05, 0.1) is 0 Å². The molecule has 0 unspecified atom stereocenters. The van der Waals surface area contributed by atoms with Crippen molar-refractivity contribution in [2.45, 2.75) is 58.0 Å². The number of hydrogen-bond donors (Lipinski definition) is 0. The van der Waals surface area contributed by atoms with Crippen molar-refractivity contribution in [3.8, 4) is 0 Å². The van der Waals surface area contributed by atoms with Crippen LogP contribution in [0, 0.1) is 0 Å². The molecule has 0 aromatic carbocycles. The van der Waals surface area contributed by atoms with Crippen molar-refractivity contribution < 1.29 is 28.8 Å². The van der Waals surface area contributed by atoms with Crippen molar-refractivity contribution >= 4 is 6.09 Å². The molecule has 0 spiro atoms. The van der Waals surface area contributed by atoms with E-state index in [1.165, 1.54) is 4.90 Å². The summed E-state index contributed by atoms with van der Waals surface area (Å²) in [7, 11) is 0. The maximum Gasteiger partial charge on any atom is 1.00 e. The molecule has 1 heterocycles. The molecule has 0 bridgehead atoms. The first kappa shape index (κ1) is 13.9. The molecule has 0 aromatic heterocycles. The minimum atomic E-state index is -1.05. The van der Waals surface area contributed by atoms with Gasteiger partial charge in [-0.1, -0.05) is 0 Å². The first-order valence-corrected chi connectivity index (χ1v) is 4.79. The van der Waals surface area contributed by atoms with E-state index in [1.807, 2.05) is 27.7 Å². The monoisotopic (exact) mass is 191 g/mol. The summed E-state index contributed by atoms with van der Waals surface area (Å²) in [5.74, 6) is 0. The third-order valence-corrected chi connectivity index (χ3v) is 2.97. The molecule has 1 fully saturated rings. The van der Waals surface area contributed by atoms with E-state index >= 15 is 0 Å². The van der Waals surface area contributed by atoms with E-state index in [0.29, 0.717) is 0 Å². The Morgan fingerprint density at radius 3 is 1.71 bits per heavy atom. The predicted molar refractivity (Wildman–Crippen MR) is 49.2 cm³/mol. The summed E-state index contributed by atoms with van der Waals surface area (Å²) in [5, 5.41) is 11.0. The van der Waals surface area contributed by atoms with Crippen LogP contribution in [0.4, 0.5) is 4.79 Å². The van der Waals surface area contributed by atoms with E-state index in [9.17, 15) is 9.90 Å². The van der Waals surface area contributed by atoms with E-state index in [-0.39, 0.29) is 29.9 Å². The average molecular weight is 191 g/mol. The molecule has 0 N–H and O–H groups in total. The molecule has 1 amide bonds. The third kappa shape index (κ3) is 2.46. The number of rotatable bonds is 0. The van der Waals surface area contributed by atoms with E-state index in [4.69, 9.17) is 0 Å². The Morgan fingerprint density at radius 2 is 1.50 bits per heavy atom. The molecule has 0 aliphatic carbocycles. The number of carboxylic acid groups (broad SMARTS) is 1. The van der Waals surface area contributed by atoms with Gasteiger partial charge in [-0.05, 0) is 47.0 Å². The van der Waals surface area contributed by atoms with Gasteiger partial charge in [-0.15, -0.1) is 0 Å². The fraction of sp³-hybridized carbons (Fsp3) is 0.900. The van der Waals surface area contributed by atoms with Gasteiger partial charge in [-0.25, -0.2) is 0 Å². The Labute approximate surface area is 98.0 Å². The van der Waals surface area contributed by atoms with Gasteiger partial charge in [0, 0.05) is 11.1 Å². The summed E-state index contributed by atoms with van der Waals surface area (Å²) in [4.78, 5) is 12.5. The van der Waals surface area contributed by atoms with Gasteiger partial charge in [-0.3, -0.25) is 0 Å². The second-order valence-electron chi connectivity index (χ2n) is 5.08. The van der Waals surface area contributed by atoms with Crippen LogP contribution >= 0.6 is 0 Å². The van der Waals surface area contributed by atoms with Crippen LogP contribution in [0.5, 0.6) is 0 Å². The molecule has 3 nitrogen and oxygen atoms in total. The summed E-state index contributed by atoms with van der Waals surface area (Å²) in [5.41, 5.74) is -0.554. The van der Waals surface area contributed by atoms with Crippen molar-refractivity contribution in [2.75, 3.05) is 0 Å². The predicted octanol–water partition coefficient (Wildman–Crippen LogP) is -1.62. The second-order valence-corrected chi connectivity index (χ2v) is 5.08. The van der Waals surface area contributed by atoms with E-state index in [0.717, 1.165) is 19.3 Å². The van der Waals surface area contributed by atoms with Crippen LogP contribution in [-0.4, -0.2) is 22.1 Å². The number of piperidine rings is 1. The molecule has 1 aliphatic heterocycles. The van der Waals surface area contributed by atoms with Gasteiger partial charge in [0.15, 0.2) is 0 Å². The molecule has 0 saturated carbocycles. The van der Waals surface area contributed by atoms with Gasteiger partial charge in [0.2, 0.25) is 0 Å². The minimum absolute atomic E-state index is 0. The van der Waals surface area contributed by atoms with Crippen LogP contribution < -0.4 is 24.0 Å². The molecular weight excluding hydrogens is 173 g/mol. The fourth-order valence-corrected chi connectivity index (χ4v) is 2.49. The largest absolute Gasteiger partial charge is 1.00 e. The Hall–Kier alpha value is -0.133. The zero-order valence-corrected chi connectivity index (χ0v) is 9.89. The maximum absolute atomic E-state index is 11.0. The molecule has 76 valence electrons. The average Bonchev–Trinajstić information content (AvgIpc) is 1.79. The third-order valence-electron chi connectivity index (χ3n) is 2.97. The van der Waals surface area contributed by atoms with Crippen molar-refractivity contribution in [1.82, 2.24) is 4.90 Å². The number of nitrogens with zero attached hydrogens (tertiary/aromatic N) is 1. The molecule has 14 heavy (non-hydrogen) atoms. The van der Waals surface area contributed by atoms with Crippen molar-refractivity contribution in [3.05, 3.63) is 0 Å². The number of carbonyl (C=O) groups is 1. The van der Waals surface area contributed by atoms with Crippen LogP contribution in [0.25, 0.3) is 0 Å². The Balaban J connectivity index is 0.00000169. The number of carbonyl (C=O) groups excluding carboxylic acids is 1. The SMILES string of the molecule is CC1(C)CCCC(C)(C)N1C(=O)[O-].[Li+]. The number of hydrogen-bond acceptors (Lipinski definition) is 2. The first-order valence-electron chi connectivity index (χ1n) is 4.79. The zero-order chi connectivity index (χ0) is 10.3.